The first-order valence-electron chi connectivity index (χ1n) is 6.54. The Balaban J connectivity index is 3.43. The lowest BCUT2D eigenvalue weighted by atomic mass is 10.1. The molecule has 0 N–H and O–H groups in total. The van der Waals surface area contributed by atoms with E-state index in [9.17, 15) is 0 Å². The highest BCUT2D eigenvalue weighted by atomic mass is 17.0. The van der Waals surface area contributed by atoms with E-state index in [1.807, 2.05) is 0 Å². The molecule has 0 rings (SSSR count). The Kier molecular flexibility index (Phi) is 10.9. The van der Waals surface area contributed by atoms with Crippen LogP contribution in [-0.4, -0.2) is 34.1 Å². The van der Waals surface area contributed by atoms with Crippen LogP contribution in [0.3, 0.4) is 0 Å². The summed E-state index contributed by atoms with van der Waals surface area (Å²) in [6, 6.07) is 0. The number of ether oxygens (including phenoxy) is 4. The van der Waals surface area contributed by atoms with Gasteiger partial charge in [-0.15, -0.1) is 0 Å². The molecule has 0 amide bonds. The van der Waals surface area contributed by atoms with Gasteiger partial charge in [-0.1, -0.05) is 45.4 Å². The molecule has 0 aromatic rings. The van der Waals surface area contributed by atoms with Crippen molar-refractivity contribution >= 4 is 0 Å². The molecule has 0 radical (unpaired) electrons. The molecule has 0 heterocycles. The first-order chi connectivity index (χ1) is 8.24. The molecule has 0 aliphatic rings. The first-order valence-corrected chi connectivity index (χ1v) is 6.54. The molecule has 0 atom stereocenters. The maximum atomic E-state index is 5.44. The fourth-order valence-corrected chi connectivity index (χ4v) is 1.68. The van der Waals surface area contributed by atoms with Crippen molar-refractivity contribution in [3.05, 3.63) is 0 Å². The molecule has 104 valence electrons. The van der Waals surface area contributed by atoms with Gasteiger partial charge in [0.05, 0.1) is 6.61 Å². The number of hydrogen-bond donors (Lipinski definition) is 0. The van der Waals surface area contributed by atoms with E-state index in [0.717, 1.165) is 6.42 Å². The Morgan fingerprint density at radius 1 is 0.706 bits per heavy atom. The molecule has 0 aliphatic heterocycles. The maximum absolute atomic E-state index is 5.44. The highest BCUT2D eigenvalue weighted by Gasteiger charge is 2.30. The van der Waals surface area contributed by atoms with Gasteiger partial charge in [-0.2, -0.15) is 0 Å². The lowest BCUT2D eigenvalue weighted by Gasteiger charge is -2.27. The zero-order valence-corrected chi connectivity index (χ0v) is 11.8. The van der Waals surface area contributed by atoms with E-state index >= 15 is 0 Å². The molecule has 0 spiro atoms. The van der Waals surface area contributed by atoms with Crippen LogP contribution in [0.25, 0.3) is 0 Å². The van der Waals surface area contributed by atoms with Crippen LogP contribution >= 0.6 is 0 Å². The molecule has 0 bridgehead atoms. The van der Waals surface area contributed by atoms with Crippen LogP contribution < -0.4 is 0 Å². The van der Waals surface area contributed by atoms with Crippen molar-refractivity contribution in [3.8, 4) is 0 Å². The highest BCUT2D eigenvalue weighted by Crippen LogP contribution is 2.15. The molecular weight excluding hydrogens is 220 g/mol. The van der Waals surface area contributed by atoms with Crippen molar-refractivity contribution in [2.24, 2.45) is 0 Å². The SMILES string of the molecule is CCCCCCCCCOC(OC)(OC)OC. The Morgan fingerprint density at radius 2 is 1.18 bits per heavy atom. The second kappa shape index (κ2) is 11.0. The minimum absolute atomic E-state index is 0.587. The summed E-state index contributed by atoms with van der Waals surface area (Å²) in [4.78, 5) is 0. The van der Waals surface area contributed by atoms with Crippen molar-refractivity contribution in [2.75, 3.05) is 27.9 Å². The molecule has 0 aliphatic carbocycles. The van der Waals surface area contributed by atoms with Crippen LogP contribution in [0.4, 0.5) is 0 Å². The van der Waals surface area contributed by atoms with E-state index in [1.54, 1.807) is 0 Å². The third-order valence-corrected chi connectivity index (χ3v) is 2.78. The van der Waals surface area contributed by atoms with Crippen molar-refractivity contribution in [1.82, 2.24) is 0 Å². The van der Waals surface area contributed by atoms with E-state index in [1.165, 1.54) is 59.9 Å². The summed E-state index contributed by atoms with van der Waals surface area (Å²) in [7, 11) is 4.49. The van der Waals surface area contributed by atoms with Gasteiger partial charge in [0, 0.05) is 21.3 Å². The van der Waals surface area contributed by atoms with Crippen molar-refractivity contribution < 1.29 is 18.9 Å². The number of rotatable bonds is 12. The second-order valence-corrected chi connectivity index (χ2v) is 4.08. The van der Waals surface area contributed by atoms with Gasteiger partial charge in [-0.05, 0) is 6.42 Å². The molecule has 0 unspecified atom stereocenters. The van der Waals surface area contributed by atoms with E-state index in [-0.39, 0.29) is 0 Å². The number of hydrogen-bond acceptors (Lipinski definition) is 4. The topological polar surface area (TPSA) is 36.9 Å². The molecule has 0 fully saturated rings. The van der Waals surface area contributed by atoms with Gasteiger partial charge in [0.15, 0.2) is 0 Å². The van der Waals surface area contributed by atoms with Gasteiger partial charge in [-0.3, -0.25) is 0 Å². The Bertz CT molecular complexity index is 149. The van der Waals surface area contributed by atoms with E-state index in [2.05, 4.69) is 6.92 Å². The fourth-order valence-electron chi connectivity index (χ4n) is 1.68. The molecule has 4 heteroatoms. The van der Waals surface area contributed by atoms with Gasteiger partial charge in [0.25, 0.3) is 0 Å². The number of unbranched alkanes of at least 4 members (excludes halogenated alkanes) is 6. The van der Waals surface area contributed by atoms with E-state index in [4.69, 9.17) is 18.9 Å². The van der Waals surface area contributed by atoms with Crippen LogP contribution in [-0.2, 0) is 18.9 Å². The largest absolute Gasteiger partial charge is 0.411 e. The molecule has 4 nitrogen and oxygen atoms in total. The van der Waals surface area contributed by atoms with Crippen LogP contribution in [0.2, 0.25) is 0 Å². The Morgan fingerprint density at radius 3 is 1.65 bits per heavy atom. The average molecular weight is 248 g/mol. The predicted molar refractivity (Wildman–Crippen MR) is 67.7 cm³/mol. The zero-order valence-electron chi connectivity index (χ0n) is 11.8. The predicted octanol–water partition coefficient (Wildman–Crippen LogP) is 3.30. The van der Waals surface area contributed by atoms with Crippen LogP contribution in [0.15, 0.2) is 0 Å². The number of methoxy groups -OCH3 is 3. The smallest absolute Gasteiger partial charge is 0.307 e. The minimum Gasteiger partial charge on any atom is -0.307 e. The molecule has 0 aromatic carbocycles. The molecular formula is C13H28O4. The average Bonchev–Trinajstić information content (AvgIpc) is 2.38. The maximum Gasteiger partial charge on any atom is 0.411 e. The summed E-state index contributed by atoms with van der Waals surface area (Å²) in [6.45, 7) is 2.82. The van der Waals surface area contributed by atoms with Crippen LogP contribution in [0, 0.1) is 0 Å². The standard InChI is InChI=1S/C13H28O4/c1-5-6-7-8-9-10-11-12-17-13(14-2,15-3)16-4/h5-12H2,1-4H3. The van der Waals surface area contributed by atoms with Crippen LogP contribution in [0.1, 0.15) is 51.9 Å². The Labute approximate surface area is 106 Å². The van der Waals surface area contributed by atoms with Crippen molar-refractivity contribution in [1.29, 1.82) is 0 Å². The summed E-state index contributed by atoms with van der Waals surface area (Å²) < 4.78 is 20.5. The summed E-state index contributed by atoms with van der Waals surface area (Å²) in [5.74, 6) is 0. The highest BCUT2D eigenvalue weighted by molar-refractivity contribution is 4.46. The molecule has 0 aromatic heterocycles. The van der Waals surface area contributed by atoms with Crippen molar-refractivity contribution in [3.63, 3.8) is 0 Å². The quantitative estimate of drug-likeness (QED) is 0.392. The Hall–Kier alpha value is -0.160. The third kappa shape index (κ3) is 7.71. The third-order valence-electron chi connectivity index (χ3n) is 2.78. The normalized spacial score (nSPS) is 12.0. The zero-order chi connectivity index (χ0) is 13.0. The van der Waals surface area contributed by atoms with Gasteiger partial charge in [0.1, 0.15) is 0 Å². The van der Waals surface area contributed by atoms with Gasteiger partial charge < -0.3 is 18.9 Å². The summed E-state index contributed by atoms with van der Waals surface area (Å²) in [5, 5.41) is 0. The summed E-state index contributed by atoms with van der Waals surface area (Å²) in [5.41, 5.74) is 0. The van der Waals surface area contributed by atoms with E-state index < -0.39 is 6.16 Å². The van der Waals surface area contributed by atoms with Crippen molar-refractivity contribution in [2.45, 2.75) is 58.0 Å². The lowest BCUT2D eigenvalue weighted by molar-refractivity contribution is -0.479. The van der Waals surface area contributed by atoms with Gasteiger partial charge >= 0.3 is 6.16 Å². The summed E-state index contributed by atoms with van der Waals surface area (Å²) in [6.07, 6.45) is 7.41. The van der Waals surface area contributed by atoms with Gasteiger partial charge in [-0.25, -0.2) is 0 Å². The van der Waals surface area contributed by atoms with E-state index in [0.29, 0.717) is 6.61 Å². The van der Waals surface area contributed by atoms with Gasteiger partial charge in [0.2, 0.25) is 0 Å². The fraction of sp³-hybridized carbons (Fsp3) is 1.00. The molecule has 0 saturated heterocycles. The first kappa shape index (κ1) is 16.8. The van der Waals surface area contributed by atoms with Crippen LogP contribution in [0.5, 0.6) is 0 Å². The lowest BCUT2D eigenvalue weighted by Crippen LogP contribution is -2.39. The molecule has 17 heavy (non-hydrogen) atoms. The second-order valence-electron chi connectivity index (χ2n) is 4.08. The summed E-state index contributed by atoms with van der Waals surface area (Å²) >= 11 is 0. The monoisotopic (exact) mass is 248 g/mol. The minimum atomic E-state index is -1.33. The molecule has 0 saturated carbocycles.